The SMILES string of the molecule is CCOC(=O)/C(=C\c1cc2cc(C#N)ccc2o1)c1ccc(O[C@H]2CCN(C(=O)OC(C)(C)C)C2)cc1. The molecule has 8 heteroatoms. The Morgan fingerprint density at radius 3 is 2.59 bits per heavy atom. The van der Waals surface area contributed by atoms with Crippen LogP contribution in [0.5, 0.6) is 5.75 Å². The van der Waals surface area contributed by atoms with Gasteiger partial charge in [-0.25, -0.2) is 9.59 Å². The van der Waals surface area contributed by atoms with Gasteiger partial charge >= 0.3 is 12.1 Å². The molecule has 1 fully saturated rings. The van der Waals surface area contributed by atoms with Crippen molar-refractivity contribution in [3.8, 4) is 11.8 Å². The smallest absolute Gasteiger partial charge is 0.410 e. The van der Waals surface area contributed by atoms with Crippen LogP contribution in [0.25, 0.3) is 22.6 Å². The predicted octanol–water partition coefficient (Wildman–Crippen LogP) is 5.80. The van der Waals surface area contributed by atoms with E-state index in [0.29, 0.717) is 53.3 Å². The van der Waals surface area contributed by atoms with E-state index in [2.05, 4.69) is 6.07 Å². The Labute approximate surface area is 216 Å². The molecule has 0 spiro atoms. The Balaban J connectivity index is 1.49. The number of amides is 1. The van der Waals surface area contributed by atoms with Crippen LogP contribution in [0.3, 0.4) is 0 Å². The Morgan fingerprint density at radius 1 is 1.16 bits per heavy atom. The molecule has 1 aliphatic rings. The fourth-order valence-corrected chi connectivity index (χ4v) is 4.04. The zero-order valence-electron chi connectivity index (χ0n) is 21.4. The van der Waals surface area contributed by atoms with Crippen LogP contribution in [-0.2, 0) is 14.3 Å². The third kappa shape index (κ3) is 6.50. The van der Waals surface area contributed by atoms with E-state index < -0.39 is 11.6 Å². The number of furan rings is 1. The van der Waals surface area contributed by atoms with Crippen LogP contribution in [0.15, 0.2) is 52.9 Å². The highest BCUT2D eigenvalue weighted by Crippen LogP contribution is 2.28. The first kappa shape index (κ1) is 25.8. The van der Waals surface area contributed by atoms with Gasteiger partial charge in [0.05, 0.1) is 30.4 Å². The van der Waals surface area contributed by atoms with Gasteiger partial charge in [0.1, 0.15) is 28.8 Å². The van der Waals surface area contributed by atoms with Crippen LogP contribution in [0.4, 0.5) is 4.79 Å². The fraction of sp³-hybridized carbons (Fsp3) is 0.345. The number of ether oxygens (including phenoxy) is 3. The highest BCUT2D eigenvalue weighted by molar-refractivity contribution is 6.21. The van der Waals surface area contributed by atoms with Gasteiger partial charge in [-0.3, -0.25) is 0 Å². The molecule has 1 aromatic heterocycles. The van der Waals surface area contributed by atoms with Crippen LogP contribution >= 0.6 is 0 Å². The van der Waals surface area contributed by atoms with Crippen LogP contribution in [0, 0.1) is 11.3 Å². The summed E-state index contributed by atoms with van der Waals surface area (Å²) in [4.78, 5) is 26.7. The number of nitriles is 1. The minimum atomic E-state index is -0.544. The maximum atomic E-state index is 12.8. The molecule has 0 bridgehead atoms. The van der Waals surface area contributed by atoms with Crippen LogP contribution in [0.1, 0.15) is 51.0 Å². The number of esters is 1. The van der Waals surface area contributed by atoms with Gasteiger partial charge in [0.15, 0.2) is 0 Å². The number of rotatable bonds is 6. The third-order valence-electron chi connectivity index (χ3n) is 5.71. The van der Waals surface area contributed by atoms with E-state index >= 15 is 0 Å². The Hall–Kier alpha value is -4.25. The summed E-state index contributed by atoms with van der Waals surface area (Å²) < 4.78 is 22.7. The first-order valence-corrected chi connectivity index (χ1v) is 12.2. The van der Waals surface area contributed by atoms with E-state index in [1.807, 2.05) is 20.8 Å². The van der Waals surface area contributed by atoms with Gasteiger partial charge in [0.2, 0.25) is 0 Å². The third-order valence-corrected chi connectivity index (χ3v) is 5.71. The minimum Gasteiger partial charge on any atom is -0.489 e. The molecule has 2 heterocycles. The van der Waals surface area contributed by atoms with Gasteiger partial charge in [-0.2, -0.15) is 5.26 Å². The van der Waals surface area contributed by atoms with Crippen molar-refractivity contribution < 1.29 is 28.2 Å². The molecule has 8 nitrogen and oxygen atoms in total. The molecule has 0 unspecified atom stereocenters. The van der Waals surface area contributed by atoms with E-state index in [-0.39, 0.29) is 18.8 Å². The lowest BCUT2D eigenvalue weighted by atomic mass is 10.0. The van der Waals surface area contributed by atoms with Gasteiger partial charge in [-0.15, -0.1) is 0 Å². The van der Waals surface area contributed by atoms with E-state index in [4.69, 9.17) is 23.9 Å². The van der Waals surface area contributed by atoms with E-state index in [9.17, 15) is 9.59 Å². The number of nitrogens with zero attached hydrogens (tertiary/aromatic N) is 2. The zero-order chi connectivity index (χ0) is 26.6. The molecule has 37 heavy (non-hydrogen) atoms. The summed E-state index contributed by atoms with van der Waals surface area (Å²) >= 11 is 0. The molecule has 0 radical (unpaired) electrons. The molecule has 3 aromatic rings. The van der Waals surface area contributed by atoms with Crippen molar-refractivity contribution in [1.82, 2.24) is 4.90 Å². The lowest BCUT2D eigenvalue weighted by Crippen LogP contribution is -2.36. The first-order valence-electron chi connectivity index (χ1n) is 12.2. The summed E-state index contributed by atoms with van der Waals surface area (Å²) in [5.41, 5.74) is 1.59. The summed E-state index contributed by atoms with van der Waals surface area (Å²) in [5, 5.41) is 9.91. The second-order valence-electron chi connectivity index (χ2n) is 9.77. The lowest BCUT2D eigenvalue weighted by Gasteiger charge is -2.24. The number of carbonyl (C=O) groups is 2. The number of carbonyl (C=O) groups excluding carboxylic acids is 2. The maximum absolute atomic E-state index is 12.8. The molecule has 2 aromatic carbocycles. The molecule has 0 N–H and O–H groups in total. The van der Waals surface area contributed by atoms with Crippen molar-refractivity contribution in [1.29, 1.82) is 5.26 Å². The van der Waals surface area contributed by atoms with Crippen molar-refractivity contribution >= 4 is 34.7 Å². The van der Waals surface area contributed by atoms with Gasteiger partial charge in [-0.05, 0) is 75.7 Å². The Kier molecular flexibility index (Phi) is 7.53. The molecule has 1 amide bonds. The highest BCUT2D eigenvalue weighted by atomic mass is 16.6. The van der Waals surface area contributed by atoms with Gasteiger partial charge in [-0.1, -0.05) is 12.1 Å². The largest absolute Gasteiger partial charge is 0.489 e. The van der Waals surface area contributed by atoms with E-state index in [1.165, 1.54) is 0 Å². The summed E-state index contributed by atoms with van der Waals surface area (Å²) in [6.45, 7) is 8.53. The van der Waals surface area contributed by atoms with Crippen molar-refractivity contribution in [2.45, 2.75) is 45.8 Å². The molecule has 1 atom stereocenters. The average molecular weight is 503 g/mol. The normalized spacial score (nSPS) is 15.9. The second-order valence-corrected chi connectivity index (χ2v) is 9.77. The molecular formula is C29H30N2O6. The number of hydrogen-bond donors (Lipinski definition) is 0. The summed E-state index contributed by atoms with van der Waals surface area (Å²) in [6.07, 6.45) is 1.85. The number of fused-ring (bicyclic) bond motifs is 1. The van der Waals surface area contributed by atoms with Gasteiger partial charge in [0.25, 0.3) is 0 Å². The predicted molar refractivity (Wildman–Crippen MR) is 139 cm³/mol. The van der Waals surface area contributed by atoms with Crippen LogP contribution in [0.2, 0.25) is 0 Å². The summed E-state index contributed by atoms with van der Waals surface area (Å²) in [5.74, 6) is 0.635. The maximum Gasteiger partial charge on any atom is 0.410 e. The molecule has 192 valence electrons. The van der Waals surface area contributed by atoms with Crippen molar-refractivity contribution in [3.63, 3.8) is 0 Å². The monoisotopic (exact) mass is 502 g/mol. The lowest BCUT2D eigenvalue weighted by molar-refractivity contribution is -0.136. The fourth-order valence-electron chi connectivity index (χ4n) is 4.04. The highest BCUT2D eigenvalue weighted by Gasteiger charge is 2.31. The van der Waals surface area contributed by atoms with Crippen LogP contribution in [-0.4, -0.2) is 48.4 Å². The van der Waals surface area contributed by atoms with Crippen molar-refractivity contribution in [3.05, 3.63) is 65.4 Å². The molecule has 4 rings (SSSR count). The molecule has 1 saturated heterocycles. The van der Waals surface area contributed by atoms with E-state index in [1.54, 1.807) is 66.4 Å². The topological polar surface area (TPSA) is 102 Å². The summed E-state index contributed by atoms with van der Waals surface area (Å²) in [7, 11) is 0. The molecule has 0 saturated carbocycles. The van der Waals surface area contributed by atoms with E-state index in [0.717, 1.165) is 5.39 Å². The number of benzene rings is 2. The molecular weight excluding hydrogens is 472 g/mol. The molecule has 0 aliphatic carbocycles. The average Bonchev–Trinajstić information content (AvgIpc) is 3.48. The standard InChI is InChI=1S/C29H30N2O6/c1-5-34-27(32)25(16-24-15-21-14-19(17-30)6-11-26(21)36-24)20-7-9-22(10-8-20)35-23-12-13-31(18-23)28(33)37-29(2,3)4/h6-11,14-16,23H,5,12-13,18H2,1-4H3/b25-16-/t23-/m0/s1. The number of hydrogen-bond acceptors (Lipinski definition) is 7. The molecule has 1 aliphatic heterocycles. The Morgan fingerprint density at radius 2 is 1.92 bits per heavy atom. The quantitative estimate of drug-likeness (QED) is 0.310. The zero-order valence-corrected chi connectivity index (χ0v) is 21.4. The summed E-state index contributed by atoms with van der Waals surface area (Å²) in [6, 6.07) is 16.2. The Bertz CT molecular complexity index is 1360. The number of likely N-dealkylation sites (tertiary alicyclic amines) is 1. The van der Waals surface area contributed by atoms with Gasteiger partial charge < -0.3 is 23.5 Å². The van der Waals surface area contributed by atoms with Crippen molar-refractivity contribution in [2.75, 3.05) is 19.7 Å². The first-order chi connectivity index (χ1) is 17.6. The minimum absolute atomic E-state index is 0.146. The van der Waals surface area contributed by atoms with Crippen LogP contribution < -0.4 is 4.74 Å². The van der Waals surface area contributed by atoms with Gasteiger partial charge in [0, 0.05) is 18.4 Å². The van der Waals surface area contributed by atoms with Crippen molar-refractivity contribution in [2.24, 2.45) is 0 Å². The second kappa shape index (κ2) is 10.8.